The van der Waals surface area contributed by atoms with E-state index in [1.54, 1.807) is 6.07 Å². The highest BCUT2D eigenvalue weighted by atomic mass is 32.5. The van der Waals surface area contributed by atoms with Crippen molar-refractivity contribution in [2.75, 3.05) is 24.7 Å². The molecule has 2 unspecified atom stereocenters. The zero-order valence-corrected chi connectivity index (χ0v) is 24.2. The van der Waals surface area contributed by atoms with Gasteiger partial charge in [0.2, 0.25) is 0 Å². The van der Waals surface area contributed by atoms with E-state index in [0.29, 0.717) is 11.2 Å². The van der Waals surface area contributed by atoms with Gasteiger partial charge in [-0.3, -0.25) is 13.7 Å². The summed E-state index contributed by atoms with van der Waals surface area (Å²) in [4.78, 5) is 31.7. The van der Waals surface area contributed by atoms with Gasteiger partial charge in [-0.25, -0.2) is 33.7 Å². The lowest BCUT2D eigenvalue weighted by atomic mass is 10.1. The Bertz CT molecular complexity index is 1840. The van der Waals surface area contributed by atoms with Crippen molar-refractivity contribution in [3.05, 3.63) is 31.2 Å². The molecule has 4 aromatic heterocycles. The molecule has 4 aromatic rings. The molecule has 0 aromatic carbocycles. The second kappa shape index (κ2) is 11.0. The summed E-state index contributed by atoms with van der Waals surface area (Å²) in [7, 11) is -5.10. The van der Waals surface area contributed by atoms with Gasteiger partial charge in [0.05, 0.1) is 39.1 Å². The number of nitrogens with two attached hydrogens (primary N) is 2. The Morgan fingerprint density at radius 2 is 1.59 bits per heavy atom. The van der Waals surface area contributed by atoms with Crippen molar-refractivity contribution in [1.82, 2.24) is 34.1 Å². The fourth-order valence-corrected chi connectivity index (χ4v) is 7.34. The maximum absolute atomic E-state index is 16.0. The minimum Gasteiger partial charge on any atom is -0.397 e. The number of hydrogen-bond acceptors (Lipinski definition) is 15. The molecule has 0 spiro atoms. The molecular weight excluding hydrogens is 649 g/mol. The molecule has 236 valence electrons. The zero-order chi connectivity index (χ0) is 31.0. The van der Waals surface area contributed by atoms with E-state index in [1.165, 1.54) is 34.3 Å². The van der Waals surface area contributed by atoms with Gasteiger partial charge >= 0.3 is 6.72 Å². The van der Waals surface area contributed by atoms with Crippen molar-refractivity contribution in [3.63, 3.8) is 0 Å². The molecule has 23 heteroatoms. The molecule has 10 atom stereocenters. The van der Waals surface area contributed by atoms with Gasteiger partial charge in [-0.1, -0.05) is 0 Å². The van der Waals surface area contributed by atoms with Gasteiger partial charge in [-0.05, 0) is 17.9 Å². The van der Waals surface area contributed by atoms with E-state index in [-0.39, 0.29) is 22.6 Å². The van der Waals surface area contributed by atoms with Gasteiger partial charge in [-0.15, -0.1) is 0 Å². The molecule has 7 heterocycles. The smallest absolute Gasteiger partial charge is 0.325 e. The van der Waals surface area contributed by atoms with Crippen LogP contribution in [0.4, 0.5) is 20.3 Å². The number of aromatic nitrogens is 7. The fourth-order valence-electron chi connectivity index (χ4n) is 5.16. The number of nitrogens with zero attached hydrogens (tertiary/aromatic N) is 7. The molecule has 5 N–H and O–H groups in total. The number of ether oxygens (including phenoxy) is 2. The van der Waals surface area contributed by atoms with Crippen molar-refractivity contribution in [1.29, 1.82) is 0 Å². The van der Waals surface area contributed by atoms with Crippen LogP contribution in [0.15, 0.2) is 31.2 Å². The molecule has 3 aliphatic heterocycles. The summed E-state index contributed by atoms with van der Waals surface area (Å²) in [6.45, 7) is -5.34. The van der Waals surface area contributed by atoms with E-state index in [1.807, 2.05) is 0 Å². The number of fused-ring (bicyclic) bond motifs is 5. The first-order valence-corrected chi connectivity index (χ1v) is 16.3. The van der Waals surface area contributed by atoms with E-state index >= 15 is 8.78 Å². The van der Waals surface area contributed by atoms with Crippen molar-refractivity contribution >= 4 is 67.4 Å². The van der Waals surface area contributed by atoms with E-state index in [0.717, 1.165) is 0 Å². The Labute approximate surface area is 252 Å². The van der Waals surface area contributed by atoms with Crippen LogP contribution in [0.3, 0.4) is 0 Å². The van der Waals surface area contributed by atoms with Crippen LogP contribution >= 0.6 is 14.2 Å². The van der Waals surface area contributed by atoms with E-state index in [2.05, 4.69) is 24.9 Å². The molecule has 0 aliphatic carbocycles. The van der Waals surface area contributed by atoms with Gasteiger partial charge in [0.15, 0.2) is 41.9 Å². The van der Waals surface area contributed by atoms with Crippen LogP contribution in [-0.4, -0.2) is 96.5 Å². The van der Waals surface area contributed by atoms with Crippen LogP contribution in [-0.2, 0) is 43.9 Å². The van der Waals surface area contributed by atoms with Crippen LogP contribution in [0, 0.1) is 0 Å². The second-order valence-electron chi connectivity index (χ2n) is 9.75. The molecule has 0 radical (unpaired) electrons. The Balaban J connectivity index is 1.20. The largest absolute Gasteiger partial charge is 0.397 e. The second-order valence-corrected chi connectivity index (χ2v) is 13.5. The maximum Gasteiger partial charge on any atom is 0.325 e. The number of hydrogen-bond donors (Lipinski definition) is 3. The van der Waals surface area contributed by atoms with Crippen LogP contribution in [0.5, 0.6) is 0 Å². The minimum absolute atomic E-state index is 0.0777. The van der Waals surface area contributed by atoms with Gasteiger partial charge in [0.25, 0.3) is 0 Å². The van der Waals surface area contributed by atoms with E-state index in [9.17, 15) is 9.46 Å². The molecule has 0 amide bonds. The fraction of sp³-hybridized carbons (Fsp3) is 0.476. The third kappa shape index (κ3) is 5.20. The van der Waals surface area contributed by atoms with E-state index in [4.69, 9.17) is 50.8 Å². The summed E-state index contributed by atoms with van der Waals surface area (Å²) in [5.41, 5.74) is 13.2. The summed E-state index contributed by atoms with van der Waals surface area (Å²) in [6, 6.07) is 1.55. The summed E-state index contributed by atoms with van der Waals surface area (Å²) in [6.07, 6.45) is -6.88. The Morgan fingerprint density at radius 1 is 0.909 bits per heavy atom. The number of pyridine rings is 1. The predicted octanol–water partition coefficient (Wildman–Crippen LogP) is 0.414. The molecular formula is C21H25BF2N9O8P2S-. The van der Waals surface area contributed by atoms with Gasteiger partial charge < -0.3 is 44.0 Å². The number of imidazole rings is 2. The highest BCUT2D eigenvalue weighted by Crippen LogP contribution is 2.54. The van der Waals surface area contributed by atoms with E-state index < -0.39 is 84.2 Å². The Morgan fingerprint density at radius 3 is 2.39 bits per heavy atom. The first-order chi connectivity index (χ1) is 20.9. The number of rotatable bonds is 2. The van der Waals surface area contributed by atoms with Crippen LogP contribution in [0.25, 0.3) is 22.3 Å². The number of nitrogen functional groups attached to an aromatic ring is 2. The van der Waals surface area contributed by atoms with Gasteiger partial charge in [-0.2, -0.15) is 0 Å². The molecule has 0 saturated carbocycles. The average Bonchev–Trinajstić information content (AvgIpc) is 3.73. The SMILES string of the molecule is [BH3-]P1(=O)OC[C@H]2O[C@@H](n3cnc4c(N)ccnc43)[C@H](OP(O)(=S)OC[C@H]3O[C@@H](n4cnc5c(N)ncnc54)[C@H](F)[C@@H]3O1)[C@@H]2F. The molecule has 2 bridgehead atoms. The van der Waals surface area contributed by atoms with Crippen LogP contribution in [0.2, 0.25) is 0 Å². The third-order valence-electron chi connectivity index (χ3n) is 7.17. The van der Waals surface area contributed by atoms with Gasteiger partial charge in [0.1, 0.15) is 49.3 Å². The first kappa shape index (κ1) is 30.0. The van der Waals surface area contributed by atoms with Crippen LogP contribution in [0.1, 0.15) is 12.5 Å². The zero-order valence-electron chi connectivity index (χ0n) is 21.6. The quantitative estimate of drug-likeness (QED) is 0.194. The molecule has 44 heavy (non-hydrogen) atoms. The van der Waals surface area contributed by atoms with Crippen molar-refractivity contribution in [3.8, 4) is 0 Å². The number of anilines is 2. The van der Waals surface area contributed by atoms with Gasteiger partial charge in [0, 0.05) is 6.20 Å². The predicted molar refractivity (Wildman–Crippen MR) is 155 cm³/mol. The third-order valence-corrected chi connectivity index (χ3v) is 9.50. The maximum atomic E-state index is 16.0. The highest BCUT2D eigenvalue weighted by molar-refractivity contribution is 8.07. The standard InChI is InChI=1S/C21H25BF2N9O8P2S/c22-42(34)36-3-9-11(23)16(21(38-9)33-6-30-13-8(25)1-2-27-18(13)33)41-43(35,44)37-4-10-15(40-42)12(24)20(39-10)32-7-31-14-17(26)28-5-29-19(14)32/h1-2,5-7,9-12,15-16,20-21H,3-4H2,22H3,(H2,25,27)(H,35,44)(H2,26,28,29)/q-1/t9-,10-,11-,12-,15-,16-,20-,21-,42?,43?/m1/s1. The average molecular weight is 674 g/mol. The number of alkyl halides is 2. The van der Waals surface area contributed by atoms with Crippen molar-refractivity contribution in [2.24, 2.45) is 0 Å². The lowest BCUT2D eigenvalue weighted by molar-refractivity contribution is -0.0586. The monoisotopic (exact) mass is 674 g/mol. The number of halogens is 2. The normalized spacial score (nSPS) is 38.3. The van der Waals surface area contributed by atoms with Crippen molar-refractivity contribution < 1.29 is 45.8 Å². The Kier molecular flexibility index (Phi) is 7.48. The summed E-state index contributed by atoms with van der Waals surface area (Å²) in [5, 5.41) is 0. The molecule has 17 nitrogen and oxygen atoms in total. The van der Waals surface area contributed by atoms with Crippen LogP contribution < -0.4 is 11.5 Å². The lowest BCUT2D eigenvalue weighted by Crippen LogP contribution is -2.34. The molecule has 3 fully saturated rings. The summed E-state index contributed by atoms with van der Waals surface area (Å²) < 4.78 is 82.6. The summed E-state index contributed by atoms with van der Waals surface area (Å²) >= 11 is 5.22. The highest BCUT2D eigenvalue weighted by Gasteiger charge is 2.53. The molecule has 3 aliphatic rings. The lowest BCUT2D eigenvalue weighted by Gasteiger charge is -2.29. The molecule has 7 rings (SSSR count). The van der Waals surface area contributed by atoms with Crippen molar-refractivity contribution in [2.45, 2.75) is 49.2 Å². The minimum atomic E-state index is -4.25. The first-order valence-electron chi connectivity index (χ1n) is 12.6. The topological polar surface area (TPSA) is 219 Å². The molecule has 3 saturated heterocycles. The Hall–Kier alpha value is -2.71. The summed E-state index contributed by atoms with van der Waals surface area (Å²) in [5.74, 6) is 0.0777.